The largest absolute Gasteiger partial charge is 0.459 e. The normalized spacial score (nSPS) is 22.0. The molecule has 1 aromatic rings. The standard InChI is InChI=1S/C26H36N2O6/c1-15(2)20(27-24(30)22-19(25(31)34-22)18-12-8-9-13-18)23(29)28-21(16(3)4)26(32)33-14-17-10-6-5-7-11-17/h5-7,10-11,15-16,18-22H,8-9,12-14H2,1-4H3,(H,27,30)(H,28,29). The SMILES string of the molecule is CC(C)C(NC(=O)C1OC(=O)C1C1CCCC1)C(=O)NC(C(=O)OCc1ccccc1)C(C)C. The lowest BCUT2D eigenvalue weighted by atomic mass is 9.82. The zero-order valence-electron chi connectivity index (χ0n) is 20.4. The number of esters is 2. The third-order valence-corrected chi connectivity index (χ3v) is 6.70. The molecule has 34 heavy (non-hydrogen) atoms. The predicted octanol–water partition coefficient (Wildman–Crippen LogP) is 2.74. The Morgan fingerprint density at radius 2 is 1.59 bits per heavy atom. The van der Waals surface area contributed by atoms with Crippen molar-refractivity contribution in [3.63, 3.8) is 0 Å². The Morgan fingerprint density at radius 3 is 2.15 bits per heavy atom. The van der Waals surface area contributed by atoms with Crippen molar-refractivity contribution in [3.8, 4) is 0 Å². The molecule has 2 fully saturated rings. The monoisotopic (exact) mass is 472 g/mol. The second-order valence-electron chi connectivity index (χ2n) is 9.98. The molecule has 1 aliphatic heterocycles. The summed E-state index contributed by atoms with van der Waals surface area (Å²) in [6.07, 6.45) is 3.08. The zero-order valence-corrected chi connectivity index (χ0v) is 20.4. The van der Waals surface area contributed by atoms with Gasteiger partial charge in [-0.15, -0.1) is 0 Å². The third kappa shape index (κ3) is 6.15. The molecular weight excluding hydrogens is 436 g/mol. The summed E-state index contributed by atoms with van der Waals surface area (Å²) in [5, 5.41) is 5.51. The number of benzene rings is 1. The Hall–Kier alpha value is -2.90. The van der Waals surface area contributed by atoms with Crippen molar-refractivity contribution in [2.75, 3.05) is 0 Å². The van der Waals surface area contributed by atoms with Gasteiger partial charge in [-0.25, -0.2) is 4.79 Å². The molecule has 186 valence electrons. The molecule has 3 rings (SSSR count). The van der Waals surface area contributed by atoms with Crippen LogP contribution in [-0.2, 0) is 35.3 Å². The van der Waals surface area contributed by atoms with Crippen LogP contribution < -0.4 is 10.6 Å². The van der Waals surface area contributed by atoms with Crippen molar-refractivity contribution >= 4 is 23.8 Å². The molecule has 0 aromatic heterocycles. The van der Waals surface area contributed by atoms with E-state index in [0.29, 0.717) is 0 Å². The summed E-state index contributed by atoms with van der Waals surface area (Å²) >= 11 is 0. The lowest BCUT2D eigenvalue weighted by Crippen LogP contribution is -2.61. The summed E-state index contributed by atoms with van der Waals surface area (Å²) in [4.78, 5) is 50.7. The predicted molar refractivity (Wildman–Crippen MR) is 125 cm³/mol. The van der Waals surface area contributed by atoms with Gasteiger partial charge in [0.05, 0.1) is 0 Å². The van der Waals surface area contributed by atoms with Crippen LogP contribution >= 0.6 is 0 Å². The highest BCUT2D eigenvalue weighted by Gasteiger charge is 2.52. The van der Waals surface area contributed by atoms with Gasteiger partial charge in [0.2, 0.25) is 5.91 Å². The molecule has 4 unspecified atom stereocenters. The Balaban J connectivity index is 1.60. The second kappa shape index (κ2) is 11.5. The molecule has 1 aromatic carbocycles. The van der Waals surface area contributed by atoms with Crippen LogP contribution in [0.4, 0.5) is 0 Å². The van der Waals surface area contributed by atoms with Gasteiger partial charge in [0.15, 0.2) is 6.10 Å². The van der Waals surface area contributed by atoms with Gasteiger partial charge < -0.3 is 20.1 Å². The van der Waals surface area contributed by atoms with Crippen molar-refractivity contribution in [1.82, 2.24) is 10.6 Å². The molecular formula is C26H36N2O6. The lowest BCUT2D eigenvalue weighted by Gasteiger charge is -2.38. The number of hydrogen-bond acceptors (Lipinski definition) is 6. The molecule has 1 saturated carbocycles. The maximum atomic E-state index is 13.1. The molecule has 1 heterocycles. The average molecular weight is 473 g/mol. The highest BCUT2D eigenvalue weighted by molar-refractivity contribution is 5.97. The van der Waals surface area contributed by atoms with E-state index in [0.717, 1.165) is 31.2 Å². The van der Waals surface area contributed by atoms with Crippen LogP contribution in [0.15, 0.2) is 30.3 Å². The molecule has 8 nitrogen and oxygen atoms in total. The lowest BCUT2D eigenvalue weighted by molar-refractivity contribution is -0.194. The van der Waals surface area contributed by atoms with Crippen LogP contribution in [0, 0.1) is 23.7 Å². The summed E-state index contributed by atoms with van der Waals surface area (Å²) in [7, 11) is 0. The maximum Gasteiger partial charge on any atom is 0.329 e. The smallest absolute Gasteiger partial charge is 0.329 e. The van der Waals surface area contributed by atoms with Crippen molar-refractivity contribution in [2.24, 2.45) is 23.7 Å². The van der Waals surface area contributed by atoms with Crippen molar-refractivity contribution in [2.45, 2.75) is 78.2 Å². The first-order valence-electron chi connectivity index (χ1n) is 12.2. The van der Waals surface area contributed by atoms with E-state index in [1.54, 1.807) is 0 Å². The van der Waals surface area contributed by atoms with E-state index in [-0.39, 0.29) is 30.3 Å². The van der Waals surface area contributed by atoms with Gasteiger partial charge in [-0.2, -0.15) is 0 Å². The fourth-order valence-corrected chi connectivity index (χ4v) is 4.63. The van der Waals surface area contributed by atoms with Gasteiger partial charge in [-0.05, 0) is 36.2 Å². The second-order valence-corrected chi connectivity index (χ2v) is 9.98. The summed E-state index contributed by atoms with van der Waals surface area (Å²) in [6, 6.07) is 7.57. The minimum Gasteiger partial charge on any atom is -0.459 e. The minimum atomic E-state index is -0.876. The Kier molecular flexibility index (Phi) is 8.69. The van der Waals surface area contributed by atoms with E-state index in [2.05, 4.69) is 10.6 Å². The number of amides is 2. The number of nitrogens with one attached hydrogen (secondary N) is 2. The topological polar surface area (TPSA) is 111 Å². The van der Waals surface area contributed by atoms with E-state index >= 15 is 0 Å². The Labute approximate surface area is 201 Å². The number of cyclic esters (lactones) is 1. The average Bonchev–Trinajstić information content (AvgIpc) is 3.31. The van der Waals surface area contributed by atoms with E-state index < -0.39 is 41.9 Å². The van der Waals surface area contributed by atoms with Crippen LogP contribution in [0.5, 0.6) is 0 Å². The molecule has 2 amide bonds. The molecule has 1 aliphatic carbocycles. The first-order valence-corrected chi connectivity index (χ1v) is 12.2. The van der Waals surface area contributed by atoms with Gasteiger partial charge in [-0.1, -0.05) is 70.9 Å². The summed E-state index contributed by atoms with van der Waals surface area (Å²) in [5.41, 5.74) is 0.851. The molecule has 4 atom stereocenters. The van der Waals surface area contributed by atoms with Gasteiger partial charge >= 0.3 is 11.9 Å². The van der Waals surface area contributed by atoms with E-state index in [4.69, 9.17) is 9.47 Å². The maximum absolute atomic E-state index is 13.1. The quantitative estimate of drug-likeness (QED) is 0.507. The van der Waals surface area contributed by atoms with Gasteiger partial charge in [0, 0.05) is 0 Å². The number of carbonyl (C=O) groups is 4. The van der Waals surface area contributed by atoms with Crippen LogP contribution in [0.1, 0.15) is 58.9 Å². The first-order chi connectivity index (χ1) is 16.2. The molecule has 2 aliphatic rings. The fraction of sp³-hybridized carbons (Fsp3) is 0.615. The van der Waals surface area contributed by atoms with Crippen LogP contribution in [0.25, 0.3) is 0 Å². The minimum absolute atomic E-state index is 0.110. The Morgan fingerprint density at radius 1 is 0.971 bits per heavy atom. The van der Waals surface area contributed by atoms with Gasteiger partial charge in [-0.3, -0.25) is 14.4 Å². The van der Waals surface area contributed by atoms with E-state index in [9.17, 15) is 19.2 Å². The van der Waals surface area contributed by atoms with E-state index in [1.165, 1.54) is 0 Å². The molecule has 8 heteroatoms. The number of ether oxygens (including phenoxy) is 2. The summed E-state index contributed by atoms with van der Waals surface area (Å²) in [5.74, 6) is -2.52. The highest BCUT2D eigenvalue weighted by atomic mass is 16.6. The molecule has 0 bridgehead atoms. The van der Waals surface area contributed by atoms with Gasteiger partial charge in [0.1, 0.15) is 24.6 Å². The van der Waals surface area contributed by atoms with Gasteiger partial charge in [0.25, 0.3) is 5.91 Å². The molecule has 0 spiro atoms. The zero-order chi connectivity index (χ0) is 24.8. The number of hydrogen-bond donors (Lipinski definition) is 2. The number of rotatable bonds is 10. The number of carbonyl (C=O) groups excluding carboxylic acids is 4. The summed E-state index contributed by atoms with van der Waals surface area (Å²) < 4.78 is 10.6. The van der Waals surface area contributed by atoms with Crippen molar-refractivity contribution in [3.05, 3.63) is 35.9 Å². The van der Waals surface area contributed by atoms with Crippen LogP contribution in [0.3, 0.4) is 0 Å². The molecule has 0 radical (unpaired) electrons. The Bertz CT molecular complexity index is 879. The first kappa shape index (κ1) is 25.7. The van der Waals surface area contributed by atoms with Crippen molar-refractivity contribution < 1.29 is 28.7 Å². The highest BCUT2D eigenvalue weighted by Crippen LogP contribution is 2.39. The molecule has 1 saturated heterocycles. The van der Waals surface area contributed by atoms with E-state index in [1.807, 2.05) is 58.0 Å². The third-order valence-electron chi connectivity index (χ3n) is 6.70. The van der Waals surface area contributed by atoms with Crippen LogP contribution in [0.2, 0.25) is 0 Å². The summed E-state index contributed by atoms with van der Waals surface area (Å²) in [6.45, 7) is 7.36. The fourth-order valence-electron chi connectivity index (χ4n) is 4.63. The van der Waals surface area contributed by atoms with Crippen molar-refractivity contribution in [1.29, 1.82) is 0 Å². The molecule has 2 N–H and O–H groups in total. The van der Waals surface area contributed by atoms with Crippen LogP contribution in [-0.4, -0.2) is 41.9 Å².